The van der Waals surface area contributed by atoms with E-state index < -0.39 is 0 Å². The number of nitrogens with one attached hydrogen (secondary N) is 1. The lowest BCUT2D eigenvalue weighted by Gasteiger charge is -2.24. The van der Waals surface area contributed by atoms with Crippen LogP contribution in [0.5, 0.6) is 0 Å². The number of H-pyrrole nitrogens is 1. The number of nitrogens with two attached hydrogens (primary N) is 1. The van der Waals surface area contributed by atoms with E-state index in [2.05, 4.69) is 35.1 Å². The lowest BCUT2D eigenvalue weighted by Crippen LogP contribution is -2.34. The lowest BCUT2D eigenvalue weighted by atomic mass is 10.1. The maximum absolute atomic E-state index is 12.4. The van der Waals surface area contributed by atoms with Crippen LogP contribution in [0.15, 0.2) is 30.5 Å². The number of likely N-dealkylation sites (tertiary alicyclic amines) is 1. The molecule has 1 fully saturated rings. The topological polar surface area (TPSA) is 75.0 Å². The molecule has 0 radical (unpaired) electrons. The van der Waals surface area contributed by atoms with Gasteiger partial charge in [-0.2, -0.15) is 0 Å². The van der Waals surface area contributed by atoms with Crippen LogP contribution in [0, 0.1) is 6.92 Å². The fourth-order valence-corrected chi connectivity index (χ4v) is 3.21. The van der Waals surface area contributed by atoms with Crippen LogP contribution in [0.4, 0.5) is 0 Å². The third kappa shape index (κ3) is 4.97. The zero-order valence-corrected chi connectivity index (χ0v) is 16.2. The Hall–Kier alpha value is -1.56. The average Bonchev–Trinajstić information content (AvgIpc) is 3.15. The molecule has 0 aliphatic carbocycles. The summed E-state index contributed by atoms with van der Waals surface area (Å²) in [5.41, 5.74) is 9.10. The Balaban J connectivity index is 0.00000156. The van der Waals surface area contributed by atoms with Crippen molar-refractivity contribution < 1.29 is 4.79 Å². The van der Waals surface area contributed by atoms with Crippen molar-refractivity contribution in [2.24, 2.45) is 5.73 Å². The molecule has 25 heavy (non-hydrogen) atoms. The highest BCUT2D eigenvalue weighted by atomic mass is 35.5. The van der Waals surface area contributed by atoms with E-state index in [0.29, 0.717) is 6.42 Å². The molecular weight excluding hydrogens is 359 g/mol. The Labute approximate surface area is 161 Å². The predicted octanol–water partition coefficient (Wildman–Crippen LogP) is 3.63. The maximum Gasteiger partial charge on any atom is 0.224 e. The van der Waals surface area contributed by atoms with E-state index in [1.54, 1.807) is 0 Å². The molecule has 138 valence electrons. The second-order valence-electron chi connectivity index (χ2n) is 6.48. The fraction of sp³-hybridized carbons (Fsp3) is 0.444. The largest absolute Gasteiger partial charge is 0.340 e. The van der Waals surface area contributed by atoms with Gasteiger partial charge in [0.1, 0.15) is 5.82 Å². The Morgan fingerprint density at radius 1 is 1.44 bits per heavy atom. The molecule has 0 saturated carbocycles. The van der Waals surface area contributed by atoms with Crippen LogP contribution >= 0.6 is 24.8 Å². The van der Waals surface area contributed by atoms with E-state index in [1.165, 1.54) is 5.56 Å². The number of nitrogens with zero attached hydrogens (tertiary/aromatic N) is 2. The van der Waals surface area contributed by atoms with Crippen molar-refractivity contribution in [3.8, 4) is 11.3 Å². The third-order valence-electron chi connectivity index (χ3n) is 4.31. The van der Waals surface area contributed by atoms with E-state index in [-0.39, 0.29) is 42.8 Å². The molecule has 5 nitrogen and oxygen atoms in total. The van der Waals surface area contributed by atoms with Gasteiger partial charge in [-0.05, 0) is 38.3 Å². The number of aryl methyl sites for hydroxylation is 1. The molecule has 2 heterocycles. The van der Waals surface area contributed by atoms with Gasteiger partial charge in [0.05, 0.1) is 17.9 Å². The first-order valence-electron chi connectivity index (χ1n) is 8.21. The number of amides is 1. The monoisotopic (exact) mass is 384 g/mol. The second kappa shape index (κ2) is 9.22. The number of halogens is 2. The number of hydrogen-bond acceptors (Lipinski definition) is 3. The van der Waals surface area contributed by atoms with Gasteiger partial charge in [-0.15, -0.1) is 24.8 Å². The molecule has 1 amide bonds. The molecule has 1 aromatic heterocycles. The first kappa shape index (κ1) is 21.5. The number of rotatable bonds is 4. The Morgan fingerprint density at radius 2 is 2.20 bits per heavy atom. The van der Waals surface area contributed by atoms with Gasteiger partial charge in [0, 0.05) is 19.0 Å². The minimum absolute atomic E-state index is 0. The van der Waals surface area contributed by atoms with E-state index in [4.69, 9.17) is 5.73 Å². The van der Waals surface area contributed by atoms with Crippen molar-refractivity contribution in [2.45, 2.75) is 45.2 Å². The highest BCUT2D eigenvalue weighted by molar-refractivity contribution is 5.85. The molecule has 7 heteroatoms. The van der Waals surface area contributed by atoms with Gasteiger partial charge >= 0.3 is 0 Å². The smallest absolute Gasteiger partial charge is 0.224 e. The summed E-state index contributed by atoms with van der Waals surface area (Å²) >= 11 is 0. The highest BCUT2D eigenvalue weighted by Gasteiger charge is 2.32. The SMILES string of the molecule is Cc1cccc(-c2cnc(C3CCCN3C(=O)CC(C)N)[nH]2)c1.Cl.Cl. The zero-order valence-electron chi connectivity index (χ0n) is 14.6. The van der Waals surface area contributed by atoms with Gasteiger partial charge in [-0.1, -0.05) is 23.8 Å². The Bertz CT molecular complexity index is 702. The summed E-state index contributed by atoms with van der Waals surface area (Å²) in [6, 6.07) is 8.25. The molecule has 0 spiro atoms. The average molecular weight is 385 g/mol. The summed E-state index contributed by atoms with van der Waals surface area (Å²) in [7, 11) is 0. The van der Waals surface area contributed by atoms with E-state index in [0.717, 1.165) is 36.5 Å². The van der Waals surface area contributed by atoms with Gasteiger partial charge in [0.25, 0.3) is 0 Å². The third-order valence-corrected chi connectivity index (χ3v) is 4.31. The van der Waals surface area contributed by atoms with Crippen molar-refractivity contribution in [3.63, 3.8) is 0 Å². The van der Waals surface area contributed by atoms with Crippen molar-refractivity contribution in [1.29, 1.82) is 0 Å². The molecule has 1 aliphatic heterocycles. The second-order valence-corrected chi connectivity index (χ2v) is 6.48. The minimum atomic E-state index is -0.108. The van der Waals surface area contributed by atoms with Crippen molar-refractivity contribution in [2.75, 3.05) is 6.54 Å². The Kier molecular flexibility index (Phi) is 7.93. The van der Waals surface area contributed by atoms with Crippen molar-refractivity contribution >= 4 is 30.7 Å². The zero-order chi connectivity index (χ0) is 16.4. The van der Waals surface area contributed by atoms with Crippen LogP contribution in [-0.2, 0) is 4.79 Å². The van der Waals surface area contributed by atoms with Crippen LogP contribution in [0.25, 0.3) is 11.3 Å². The maximum atomic E-state index is 12.4. The number of aromatic nitrogens is 2. The molecule has 2 atom stereocenters. The molecule has 3 rings (SSSR count). The molecule has 3 N–H and O–H groups in total. The van der Waals surface area contributed by atoms with Crippen LogP contribution in [0.1, 0.15) is 43.6 Å². The van der Waals surface area contributed by atoms with Gasteiger partial charge in [0.15, 0.2) is 0 Å². The van der Waals surface area contributed by atoms with Crippen molar-refractivity contribution in [3.05, 3.63) is 41.9 Å². The number of carbonyl (C=O) groups excluding carboxylic acids is 1. The van der Waals surface area contributed by atoms with E-state index >= 15 is 0 Å². The van der Waals surface area contributed by atoms with Crippen LogP contribution in [0.2, 0.25) is 0 Å². The molecule has 1 aromatic carbocycles. The van der Waals surface area contributed by atoms with Gasteiger partial charge in [-0.3, -0.25) is 4.79 Å². The van der Waals surface area contributed by atoms with Gasteiger partial charge in [0.2, 0.25) is 5.91 Å². The lowest BCUT2D eigenvalue weighted by molar-refractivity contribution is -0.132. The van der Waals surface area contributed by atoms with Gasteiger partial charge < -0.3 is 15.6 Å². The normalized spacial score (nSPS) is 17.6. The number of hydrogen-bond donors (Lipinski definition) is 2. The molecule has 1 aliphatic rings. The van der Waals surface area contributed by atoms with Crippen LogP contribution < -0.4 is 5.73 Å². The molecule has 1 saturated heterocycles. The summed E-state index contributed by atoms with van der Waals surface area (Å²) in [4.78, 5) is 22.2. The van der Waals surface area contributed by atoms with Crippen LogP contribution in [0.3, 0.4) is 0 Å². The van der Waals surface area contributed by atoms with Crippen molar-refractivity contribution in [1.82, 2.24) is 14.9 Å². The minimum Gasteiger partial charge on any atom is -0.340 e. The summed E-state index contributed by atoms with van der Waals surface area (Å²) in [5.74, 6) is 0.994. The highest BCUT2D eigenvalue weighted by Crippen LogP contribution is 2.32. The fourth-order valence-electron chi connectivity index (χ4n) is 3.21. The van der Waals surface area contributed by atoms with E-state index in [9.17, 15) is 4.79 Å². The predicted molar refractivity (Wildman–Crippen MR) is 105 cm³/mol. The molecule has 0 bridgehead atoms. The Morgan fingerprint density at radius 3 is 2.88 bits per heavy atom. The van der Waals surface area contributed by atoms with E-state index in [1.807, 2.05) is 24.1 Å². The summed E-state index contributed by atoms with van der Waals surface area (Å²) in [6.07, 6.45) is 4.21. The summed E-state index contributed by atoms with van der Waals surface area (Å²) in [6.45, 7) is 4.73. The summed E-state index contributed by atoms with van der Waals surface area (Å²) < 4.78 is 0. The molecule has 2 aromatic rings. The number of imidazole rings is 1. The number of carbonyl (C=O) groups is 1. The first-order chi connectivity index (χ1) is 11.0. The standard InChI is InChI=1S/C18H24N4O.2ClH/c1-12-5-3-6-14(9-12)15-11-20-18(21-15)16-7-4-8-22(16)17(23)10-13(2)19;;/h3,5-6,9,11,13,16H,4,7-8,10,19H2,1-2H3,(H,20,21);2*1H. The quantitative estimate of drug-likeness (QED) is 0.844. The number of aromatic amines is 1. The first-order valence-corrected chi connectivity index (χ1v) is 8.21. The van der Waals surface area contributed by atoms with Gasteiger partial charge in [-0.25, -0.2) is 4.98 Å². The molecular formula is C18H26Cl2N4O. The summed E-state index contributed by atoms with van der Waals surface area (Å²) in [5, 5.41) is 0. The molecule has 2 unspecified atom stereocenters. The number of benzene rings is 1. The van der Waals surface area contributed by atoms with Crippen LogP contribution in [-0.4, -0.2) is 33.4 Å².